The minimum atomic E-state index is -1.17. The number of benzene rings is 1. The number of fused-ring (bicyclic) bond motifs is 3. The predicted molar refractivity (Wildman–Crippen MR) is 129 cm³/mol. The smallest absolute Gasteiger partial charge is 0.149 e. The lowest BCUT2D eigenvalue weighted by molar-refractivity contribution is 0.111. The summed E-state index contributed by atoms with van der Waals surface area (Å²) >= 11 is 6.09. The lowest BCUT2D eigenvalue weighted by atomic mass is 9.59. The van der Waals surface area contributed by atoms with E-state index in [9.17, 15) is 14.6 Å². The highest BCUT2D eigenvalue weighted by Gasteiger charge is 2.48. The molecule has 33 heavy (non-hydrogen) atoms. The van der Waals surface area contributed by atoms with Gasteiger partial charge in [0.15, 0.2) is 0 Å². The molecule has 7 rings (SSSR count). The van der Waals surface area contributed by atoms with E-state index in [1.54, 1.807) is 0 Å². The minimum absolute atomic E-state index is 0.00751. The van der Waals surface area contributed by atoms with Crippen molar-refractivity contribution in [3.05, 3.63) is 46.1 Å². The standard InChI is InChI=1S/C25H27ClN4O2S/c26-18-4-2-15(3-5-18)21-16-10-17(21)13-30(12-16)24-19(11-27)22(29-25(14-31)7-1-8-25)23-20(28-24)6-9-33(23)32/h2-5,16-17,21,31H,1,6-10,12-14H2,(H,28,29)/t16?,17?,21?,33-/m1/s1. The second-order valence-corrected chi connectivity index (χ2v) is 12.0. The Morgan fingerprint density at radius 3 is 2.61 bits per heavy atom. The molecule has 2 aromatic rings. The molecule has 0 amide bonds. The maximum atomic E-state index is 12.8. The van der Waals surface area contributed by atoms with Crippen LogP contribution in [0.3, 0.4) is 0 Å². The fourth-order valence-corrected chi connectivity index (χ4v) is 7.75. The van der Waals surface area contributed by atoms with Crippen molar-refractivity contribution in [1.82, 2.24) is 4.98 Å². The second-order valence-electron chi connectivity index (χ2n) is 10.0. The van der Waals surface area contributed by atoms with Crippen LogP contribution in [-0.4, -0.2) is 45.3 Å². The Morgan fingerprint density at radius 2 is 2.00 bits per heavy atom. The van der Waals surface area contributed by atoms with Crippen molar-refractivity contribution in [2.24, 2.45) is 11.8 Å². The maximum Gasteiger partial charge on any atom is 0.149 e. The summed E-state index contributed by atoms with van der Waals surface area (Å²) in [4.78, 5) is 7.86. The molecule has 172 valence electrons. The van der Waals surface area contributed by atoms with E-state index in [0.717, 1.165) is 43.1 Å². The number of pyridine rings is 1. The number of rotatable bonds is 5. The summed E-state index contributed by atoms with van der Waals surface area (Å²) in [5.41, 5.74) is 2.89. The van der Waals surface area contributed by atoms with E-state index >= 15 is 0 Å². The molecule has 1 aromatic carbocycles. The highest BCUT2D eigenvalue weighted by Crippen LogP contribution is 2.53. The molecule has 4 heterocycles. The summed E-state index contributed by atoms with van der Waals surface area (Å²) < 4.78 is 12.8. The zero-order valence-corrected chi connectivity index (χ0v) is 20.0. The van der Waals surface area contributed by atoms with Crippen LogP contribution < -0.4 is 10.2 Å². The molecular formula is C25H27ClN4O2S. The van der Waals surface area contributed by atoms with Gasteiger partial charge in [0.25, 0.3) is 0 Å². The van der Waals surface area contributed by atoms with E-state index in [1.807, 2.05) is 12.1 Å². The average Bonchev–Trinajstić information content (AvgIpc) is 3.17. The maximum absolute atomic E-state index is 12.8. The Morgan fingerprint density at radius 1 is 1.27 bits per heavy atom. The van der Waals surface area contributed by atoms with Crippen LogP contribution in [0.2, 0.25) is 5.02 Å². The number of anilines is 2. The Balaban J connectivity index is 1.35. The van der Waals surface area contributed by atoms with Gasteiger partial charge in [0.2, 0.25) is 0 Å². The lowest BCUT2D eigenvalue weighted by Crippen LogP contribution is -2.54. The van der Waals surface area contributed by atoms with Gasteiger partial charge in [-0.1, -0.05) is 23.7 Å². The zero-order valence-electron chi connectivity index (χ0n) is 18.4. The Kier molecular flexibility index (Phi) is 5.17. The first kappa shape index (κ1) is 21.4. The third-order valence-electron chi connectivity index (χ3n) is 8.16. The number of piperidine rings is 2. The molecule has 1 aromatic heterocycles. The van der Waals surface area contributed by atoms with Crippen LogP contribution in [0.1, 0.15) is 48.4 Å². The fraction of sp³-hybridized carbons (Fsp3) is 0.520. The highest BCUT2D eigenvalue weighted by molar-refractivity contribution is 7.85. The van der Waals surface area contributed by atoms with Crippen LogP contribution in [-0.2, 0) is 17.2 Å². The van der Waals surface area contributed by atoms with E-state index in [0.29, 0.717) is 51.9 Å². The van der Waals surface area contributed by atoms with Crippen LogP contribution in [0.5, 0.6) is 0 Å². The summed E-state index contributed by atoms with van der Waals surface area (Å²) in [5, 5.41) is 24.5. The number of halogens is 1. The summed E-state index contributed by atoms with van der Waals surface area (Å²) in [5.74, 6) is 2.83. The van der Waals surface area contributed by atoms with Gasteiger partial charge in [-0.25, -0.2) is 4.98 Å². The van der Waals surface area contributed by atoms with Crippen molar-refractivity contribution in [1.29, 1.82) is 5.26 Å². The zero-order chi connectivity index (χ0) is 22.7. The molecule has 8 heteroatoms. The van der Waals surface area contributed by atoms with Crippen molar-refractivity contribution in [2.45, 2.75) is 48.5 Å². The van der Waals surface area contributed by atoms with Gasteiger partial charge < -0.3 is 15.3 Å². The number of aliphatic hydroxyl groups is 1. The van der Waals surface area contributed by atoms with Gasteiger partial charge in [0.1, 0.15) is 17.5 Å². The molecule has 4 fully saturated rings. The van der Waals surface area contributed by atoms with Crippen LogP contribution >= 0.6 is 11.6 Å². The molecule has 2 saturated carbocycles. The van der Waals surface area contributed by atoms with Gasteiger partial charge in [-0.3, -0.25) is 4.21 Å². The van der Waals surface area contributed by atoms with Crippen molar-refractivity contribution < 1.29 is 9.32 Å². The van der Waals surface area contributed by atoms with E-state index in [1.165, 1.54) is 12.0 Å². The summed E-state index contributed by atoms with van der Waals surface area (Å²) in [6, 6.07) is 10.6. The van der Waals surface area contributed by atoms with Crippen LogP contribution in [0.25, 0.3) is 0 Å². The molecule has 6 nitrogen and oxygen atoms in total. The molecule has 2 unspecified atom stereocenters. The third kappa shape index (κ3) is 3.38. The van der Waals surface area contributed by atoms with Gasteiger partial charge in [-0.15, -0.1) is 0 Å². The largest absolute Gasteiger partial charge is 0.394 e. The summed E-state index contributed by atoms with van der Waals surface area (Å²) in [6.07, 6.45) is 4.60. The molecule has 2 aliphatic carbocycles. The van der Waals surface area contributed by atoms with E-state index in [4.69, 9.17) is 16.6 Å². The van der Waals surface area contributed by atoms with E-state index in [-0.39, 0.29) is 6.61 Å². The number of hydrogen-bond acceptors (Lipinski definition) is 6. The first-order valence-corrected chi connectivity index (χ1v) is 13.5. The highest BCUT2D eigenvalue weighted by atomic mass is 35.5. The van der Waals surface area contributed by atoms with Gasteiger partial charge in [-0.2, -0.15) is 5.26 Å². The molecule has 3 aliphatic heterocycles. The second kappa shape index (κ2) is 7.97. The first-order valence-electron chi connectivity index (χ1n) is 11.8. The van der Waals surface area contributed by atoms with Crippen molar-refractivity contribution in [3.8, 4) is 6.07 Å². The van der Waals surface area contributed by atoms with Gasteiger partial charge in [0.05, 0.1) is 39.2 Å². The normalized spacial score (nSPS) is 28.9. The number of aromatic nitrogens is 1. The third-order valence-corrected chi connectivity index (χ3v) is 9.88. The van der Waals surface area contributed by atoms with E-state index < -0.39 is 16.3 Å². The molecular weight excluding hydrogens is 456 g/mol. The first-order chi connectivity index (χ1) is 16.0. The molecule has 2 N–H and O–H groups in total. The van der Waals surface area contributed by atoms with Crippen molar-refractivity contribution in [2.75, 3.05) is 35.7 Å². The van der Waals surface area contributed by atoms with Crippen LogP contribution in [0, 0.1) is 23.2 Å². The Bertz CT molecular complexity index is 1160. The molecule has 0 spiro atoms. The molecule has 5 aliphatic rings. The molecule has 0 radical (unpaired) electrons. The van der Waals surface area contributed by atoms with E-state index in [2.05, 4.69) is 28.4 Å². The number of nitrogens with one attached hydrogen (secondary N) is 1. The predicted octanol–water partition coefficient (Wildman–Crippen LogP) is 3.84. The SMILES string of the molecule is N#Cc1c(N2CC3CC(C2)C3c2ccc(Cl)cc2)nc2c(c1NC1(CO)CCC1)[S@](=O)CC2. The van der Waals surface area contributed by atoms with Gasteiger partial charge in [0, 0.05) is 30.3 Å². The average molecular weight is 483 g/mol. The summed E-state index contributed by atoms with van der Waals surface area (Å²) in [7, 11) is -1.17. The van der Waals surface area contributed by atoms with Crippen molar-refractivity contribution in [3.63, 3.8) is 0 Å². The van der Waals surface area contributed by atoms with Crippen LogP contribution in [0.4, 0.5) is 11.5 Å². The van der Waals surface area contributed by atoms with Crippen LogP contribution in [0.15, 0.2) is 29.2 Å². The Hall–Kier alpha value is -2.14. The summed E-state index contributed by atoms with van der Waals surface area (Å²) in [6.45, 7) is 1.73. The number of hydrogen-bond donors (Lipinski definition) is 2. The number of nitrogens with zero attached hydrogens (tertiary/aromatic N) is 3. The number of aliphatic hydroxyl groups excluding tert-OH is 1. The molecule has 3 atom stereocenters. The number of nitriles is 1. The van der Waals surface area contributed by atoms with Gasteiger partial charge >= 0.3 is 0 Å². The molecule has 2 bridgehead atoms. The lowest BCUT2D eigenvalue weighted by Gasteiger charge is -2.54. The van der Waals surface area contributed by atoms with Crippen molar-refractivity contribution >= 4 is 33.9 Å². The fourth-order valence-electron chi connectivity index (χ4n) is 6.25. The Labute approximate surface area is 201 Å². The number of aryl methyl sites for hydroxylation is 1. The minimum Gasteiger partial charge on any atom is -0.394 e. The monoisotopic (exact) mass is 482 g/mol. The molecule has 2 saturated heterocycles. The quantitative estimate of drug-likeness (QED) is 0.673. The van der Waals surface area contributed by atoms with Gasteiger partial charge in [-0.05, 0) is 61.1 Å². The topological polar surface area (TPSA) is 89.2 Å².